The molecule has 1 N–H and O–H groups in total. The molecule has 2 amide bonds. The monoisotopic (exact) mass is 394 g/mol. The molecule has 3 heterocycles. The fourth-order valence-electron chi connectivity index (χ4n) is 3.91. The molecule has 2 aliphatic heterocycles. The van der Waals surface area contributed by atoms with Gasteiger partial charge in [0.25, 0.3) is 0 Å². The molecule has 0 aliphatic carbocycles. The molecule has 2 aromatic rings. The summed E-state index contributed by atoms with van der Waals surface area (Å²) in [6, 6.07) is 11.1. The normalized spacial score (nSPS) is 19.3. The Kier molecular flexibility index (Phi) is 5.64. The molecule has 0 saturated carbocycles. The van der Waals surface area contributed by atoms with Gasteiger partial charge in [0.2, 0.25) is 11.8 Å². The van der Waals surface area contributed by atoms with E-state index < -0.39 is 0 Å². The predicted molar refractivity (Wildman–Crippen MR) is 112 cm³/mol. The molecule has 2 saturated heterocycles. The lowest BCUT2D eigenvalue weighted by atomic mass is 10.1. The summed E-state index contributed by atoms with van der Waals surface area (Å²) in [5.41, 5.74) is 1.43. The highest BCUT2D eigenvalue weighted by molar-refractivity contribution is 6.03. The third-order valence-electron chi connectivity index (χ3n) is 5.58. The van der Waals surface area contributed by atoms with Gasteiger partial charge >= 0.3 is 0 Å². The van der Waals surface area contributed by atoms with Gasteiger partial charge in [0.05, 0.1) is 24.9 Å². The van der Waals surface area contributed by atoms with Crippen LogP contribution in [0, 0.1) is 5.92 Å². The number of carbonyl (C=O) groups excluding carboxylic acids is 2. The fraction of sp³-hybridized carbons (Fsp3) is 0.409. The van der Waals surface area contributed by atoms with Crippen LogP contribution in [0.25, 0.3) is 0 Å². The first-order valence-electron chi connectivity index (χ1n) is 10.1. The molecule has 0 spiro atoms. The van der Waals surface area contributed by atoms with E-state index in [0.717, 1.165) is 30.3 Å². The lowest BCUT2D eigenvalue weighted by molar-refractivity contribution is -0.122. The number of benzene rings is 1. The van der Waals surface area contributed by atoms with Crippen LogP contribution in [0.15, 0.2) is 42.6 Å². The van der Waals surface area contributed by atoms with Gasteiger partial charge in [-0.2, -0.15) is 0 Å². The first-order chi connectivity index (χ1) is 14.1. The standard InChI is InChI=1S/C22H26N4O3/c1-29-19-8-6-18(7-9-19)26-15-16(13-21(26)27)22(28)24-17-5-10-20(23-14-17)25-11-3-2-4-12-25/h5-10,14,16H,2-4,11-13,15H2,1H3,(H,24,28). The predicted octanol–water partition coefficient (Wildman–Crippen LogP) is 3.07. The number of hydrogen-bond donors (Lipinski definition) is 1. The second kappa shape index (κ2) is 8.51. The summed E-state index contributed by atoms with van der Waals surface area (Å²) in [4.78, 5) is 33.5. The number of anilines is 3. The Bertz CT molecular complexity index is 861. The molecule has 4 rings (SSSR count). The second-order valence-electron chi connectivity index (χ2n) is 7.55. The molecule has 2 fully saturated rings. The van der Waals surface area contributed by atoms with Gasteiger partial charge in [-0.15, -0.1) is 0 Å². The number of nitrogens with zero attached hydrogens (tertiary/aromatic N) is 3. The molecule has 29 heavy (non-hydrogen) atoms. The molecular weight excluding hydrogens is 368 g/mol. The van der Waals surface area contributed by atoms with Gasteiger partial charge in [0.15, 0.2) is 0 Å². The highest BCUT2D eigenvalue weighted by Crippen LogP contribution is 2.28. The number of carbonyl (C=O) groups is 2. The summed E-state index contributed by atoms with van der Waals surface area (Å²) in [7, 11) is 1.60. The lowest BCUT2D eigenvalue weighted by Gasteiger charge is -2.27. The zero-order valence-electron chi connectivity index (χ0n) is 16.6. The maximum absolute atomic E-state index is 12.7. The molecule has 1 unspecified atom stereocenters. The highest BCUT2D eigenvalue weighted by atomic mass is 16.5. The van der Waals surface area contributed by atoms with Gasteiger partial charge < -0.3 is 19.9 Å². The van der Waals surface area contributed by atoms with Crippen LogP contribution < -0.4 is 19.9 Å². The molecule has 2 aliphatic rings. The van der Waals surface area contributed by atoms with E-state index in [1.807, 2.05) is 36.4 Å². The van der Waals surface area contributed by atoms with E-state index in [1.54, 1.807) is 18.2 Å². The number of nitrogens with one attached hydrogen (secondary N) is 1. The van der Waals surface area contributed by atoms with E-state index in [0.29, 0.717) is 12.2 Å². The molecular formula is C22H26N4O3. The maximum Gasteiger partial charge on any atom is 0.229 e. The summed E-state index contributed by atoms with van der Waals surface area (Å²) in [6.45, 7) is 2.43. The van der Waals surface area contributed by atoms with Gasteiger partial charge in [0, 0.05) is 31.7 Å². The van der Waals surface area contributed by atoms with Crippen molar-refractivity contribution in [2.45, 2.75) is 25.7 Å². The summed E-state index contributed by atoms with van der Waals surface area (Å²) < 4.78 is 5.15. The minimum Gasteiger partial charge on any atom is -0.497 e. The average Bonchev–Trinajstić information content (AvgIpc) is 3.17. The van der Waals surface area contributed by atoms with Crippen LogP contribution in [0.3, 0.4) is 0 Å². The van der Waals surface area contributed by atoms with Crippen LogP contribution in [-0.4, -0.2) is 43.5 Å². The van der Waals surface area contributed by atoms with E-state index in [4.69, 9.17) is 4.74 Å². The summed E-state index contributed by atoms with van der Waals surface area (Å²) in [6.07, 6.45) is 5.57. The van der Waals surface area contributed by atoms with Crippen LogP contribution in [-0.2, 0) is 9.59 Å². The number of methoxy groups -OCH3 is 1. The summed E-state index contributed by atoms with van der Waals surface area (Å²) in [5.74, 6) is 1.10. The molecule has 0 bridgehead atoms. The zero-order chi connectivity index (χ0) is 20.2. The van der Waals surface area contributed by atoms with Crippen LogP contribution in [0.4, 0.5) is 17.2 Å². The van der Waals surface area contributed by atoms with E-state index in [1.165, 1.54) is 19.3 Å². The van der Waals surface area contributed by atoms with Gasteiger partial charge in [-0.1, -0.05) is 0 Å². The third kappa shape index (κ3) is 4.34. The third-order valence-corrected chi connectivity index (χ3v) is 5.58. The number of rotatable bonds is 5. The number of pyridine rings is 1. The van der Waals surface area contributed by atoms with Crippen LogP contribution in [0.5, 0.6) is 5.75 Å². The summed E-state index contributed by atoms with van der Waals surface area (Å²) in [5, 5.41) is 2.91. The fourth-order valence-corrected chi connectivity index (χ4v) is 3.91. The Morgan fingerprint density at radius 1 is 1.10 bits per heavy atom. The molecule has 152 valence electrons. The molecule has 1 aromatic heterocycles. The Labute approximate surface area is 170 Å². The summed E-state index contributed by atoms with van der Waals surface area (Å²) >= 11 is 0. The first-order valence-corrected chi connectivity index (χ1v) is 10.1. The second-order valence-corrected chi connectivity index (χ2v) is 7.55. The smallest absolute Gasteiger partial charge is 0.229 e. The largest absolute Gasteiger partial charge is 0.497 e. The van der Waals surface area contributed by atoms with Crippen molar-refractivity contribution in [1.82, 2.24) is 4.98 Å². The van der Waals surface area contributed by atoms with Crippen molar-refractivity contribution in [1.29, 1.82) is 0 Å². The van der Waals surface area contributed by atoms with Crippen LogP contribution in [0.2, 0.25) is 0 Å². The zero-order valence-corrected chi connectivity index (χ0v) is 16.6. The highest BCUT2D eigenvalue weighted by Gasteiger charge is 2.35. The van der Waals surface area contributed by atoms with Crippen LogP contribution >= 0.6 is 0 Å². The average molecular weight is 394 g/mol. The van der Waals surface area contributed by atoms with Gasteiger partial charge in [-0.05, 0) is 55.7 Å². The van der Waals surface area contributed by atoms with Gasteiger partial charge in [-0.3, -0.25) is 9.59 Å². The number of amides is 2. The minimum atomic E-state index is -0.383. The van der Waals surface area contributed by atoms with Gasteiger partial charge in [-0.25, -0.2) is 4.98 Å². The first kappa shape index (κ1) is 19.2. The van der Waals surface area contributed by atoms with Crippen molar-refractivity contribution >= 4 is 29.0 Å². The maximum atomic E-state index is 12.7. The van der Waals surface area contributed by atoms with Crippen molar-refractivity contribution in [3.63, 3.8) is 0 Å². The molecule has 0 radical (unpaired) electrons. The SMILES string of the molecule is COc1ccc(N2CC(C(=O)Nc3ccc(N4CCCCC4)nc3)CC2=O)cc1. The Morgan fingerprint density at radius 2 is 1.86 bits per heavy atom. The molecule has 7 nitrogen and oxygen atoms in total. The number of aromatic nitrogens is 1. The minimum absolute atomic E-state index is 0.0473. The molecule has 1 aromatic carbocycles. The Hall–Kier alpha value is -3.09. The Balaban J connectivity index is 1.36. The van der Waals surface area contributed by atoms with Crippen molar-refractivity contribution < 1.29 is 14.3 Å². The van der Waals surface area contributed by atoms with E-state index in [2.05, 4.69) is 15.2 Å². The Morgan fingerprint density at radius 3 is 2.52 bits per heavy atom. The van der Waals surface area contributed by atoms with E-state index >= 15 is 0 Å². The molecule has 1 atom stereocenters. The topological polar surface area (TPSA) is 74.8 Å². The quantitative estimate of drug-likeness (QED) is 0.844. The van der Waals surface area contributed by atoms with Crippen LogP contribution in [0.1, 0.15) is 25.7 Å². The van der Waals surface area contributed by atoms with Crippen molar-refractivity contribution in [3.8, 4) is 5.75 Å². The number of ether oxygens (including phenoxy) is 1. The number of hydrogen-bond acceptors (Lipinski definition) is 5. The van der Waals surface area contributed by atoms with Crippen molar-refractivity contribution in [3.05, 3.63) is 42.6 Å². The molecule has 7 heteroatoms. The number of piperidine rings is 1. The lowest BCUT2D eigenvalue weighted by Crippen LogP contribution is -2.30. The van der Waals surface area contributed by atoms with E-state index in [9.17, 15) is 9.59 Å². The van der Waals surface area contributed by atoms with Crippen molar-refractivity contribution in [2.24, 2.45) is 5.92 Å². The van der Waals surface area contributed by atoms with Crippen molar-refractivity contribution in [2.75, 3.05) is 41.9 Å². The van der Waals surface area contributed by atoms with Gasteiger partial charge in [0.1, 0.15) is 11.6 Å². The van der Waals surface area contributed by atoms with E-state index in [-0.39, 0.29) is 24.2 Å².